The molecule has 0 aliphatic carbocycles. The summed E-state index contributed by atoms with van der Waals surface area (Å²) in [6.07, 6.45) is 0. The number of carbonyl (C=O) groups is 2. The first-order valence-corrected chi connectivity index (χ1v) is 11.9. The summed E-state index contributed by atoms with van der Waals surface area (Å²) in [5.74, 6) is -1.09. The van der Waals surface area contributed by atoms with Gasteiger partial charge in [0.2, 0.25) is 0 Å². The first-order chi connectivity index (χ1) is 13.3. The molecule has 4 unspecified atom stereocenters. The Morgan fingerprint density at radius 2 is 1.34 bits per heavy atom. The predicted molar refractivity (Wildman–Crippen MR) is 122 cm³/mol. The molecule has 0 spiro atoms. The monoisotopic (exact) mass is 442 g/mol. The Labute approximate surface area is 182 Å². The van der Waals surface area contributed by atoms with Crippen LogP contribution in [0.4, 0.5) is 0 Å². The highest BCUT2D eigenvalue weighted by Gasteiger charge is 2.25. The third-order valence-corrected chi connectivity index (χ3v) is 8.10. The van der Waals surface area contributed by atoms with Gasteiger partial charge in [-0.3, -0.25) is 9.59 Å². The van der Waals surface area contributed by atoms with Crippen molar-refractivity contribution in [2.45, 2.75) is 75.9 Å². The topological polar surface area (TPSA) is 94.8 Å². The third-order valence-electron chi connectivity index (χ3n) is 5.26. The lowest BCUT2D eigenvalue weighted by atomic mass is 9.84. The maximum Gasteiger partial charge on any atom is 0.307 e. The average molecular weight is 443 g/mol. The number of benzene rings is 1. The number of aromatic hydroxyl groups is 1. The van der Waals surface area contributed by atoms with E-state index >= 15 is 0 Å². The highest BCUT2D eigenvalue weighted by Crippen LogP contribution is 2.38. The number of hydrogen-bond donors (Lipinski definition) is 3. The second kappa shape index (κ2) is 10.6. The lowest BCUT2D eigenvalue weighted by Crippen LogP contribution is -2.20. The summed E-state index contributed by atoms with van der Waals surface area (Å²) < 4.78 is 0. The van der Waals surface area contributed by atoms with E-state index in [4.69, 9.17) is 0 Å². The zero-order chi connectivity index (χ0) is 22.5. The van der Waals surface area contributed by atoms with E-state index in [1.807, 2.05) is 46.8 Å². The molecule has 7 heteroatoms. The summed E-state index contributed by atoms with van der Waals surface area (Å²) in [6.45, 7) is 13.3. The summed E-state index contributed by atoms with van der Waals surface area (Å²) in [5, 5.41) is 29.1. The smallest absolute Gasteiger partial charge is 0.307 e. The summed E-state index contributed by atoms with van der Waals surface area (Å²) >= 11 is 3.10. The van der Waals surface area contributed by atoms with Gasteiger partial charge in [-0.25, -0.2) is 0 Å². The van der Waals surface area contributed by atoms with E-state index in [0.717, 1.165) is 16.7 Å². The Balaban J connectivity index is 3.08. The SMILES string of the molecule is CC(SCc1cc(CSC(C)C(C)C(=O)O)c(O)c(C(C)(C)C)c1)C(C)C(=O)O. The molecular weight excluding hydrogens is 408 g/mol. The highest BCUT2D eigenvalue weighted by molar-refractivity contribution is 7.99. The van der Waals surface area contributed by atoms with Crippen LogP contribution in [0.5, 0.6) is 5.75 Å². The number of carboxylic acids is 2. The van der Waals surface area contributed by atoms with Gasteiger partial charge in [-0.1, -0.05) is 60.6 Å². The molecule has 3 N–H and O–H groups in total. The average Bonchev–Trinajstić information content (AvgIpc) is 2.62. The van der Waals surface area contributed by atoms with Crippen molar-refractivity contribution in [2.75, 3.05) is 0 Å². The van der Waals surface area contributed by atoms with Gasteiger partial charge in [0.1, 0.15) is 5.75 Å². The molecule has 5 nitrogen and oxygen atoms in total. The fraction of sp³-hybridized carbons (Fsp3) is 0.636. The zero-order valence-corrected chi connectivity index (χ0v) is 20.0. The van der Waals surface area contributed by atoms with Gasteiger partial charge in [0.25, 0.3) is 0 Å². The molecule has 0 fully saturated rings. The van der Waals surface area contributed by atoms with Crippen molar-refractivity contribution in [1.82, 2.24) is 0 Å². The number of thioether (sulfide) groups is 2. The second-order valence-corrected chi connectivity index (χ2v) is 11.4. The van der Waals surface area contributed by atoms with Gasteiger partial charge in [0.15, 0.2) is 0 Å². The largest absolute Gasteiger partial charge is 0.507 e. The lowest BCUT2D eigenvalue weighted by molar-refractivity contribution is -0.141. The summed E-state index contributed by atoms with van der Waals surface area (Å²) in [6, 6.07) is 3.96. The van der Waals surface area contributed by atoms with Crippen molar-refractivity contribution in [2.24, 2.45) is 11.8 Å². The van der Waals surface area contributed by atoms with Gasteiger partial charge in [-0.15, -0.1) is 0 Å². The van der Waals surface area contributed by atoms with Crippen molar-refractivity contribution in [3.63, 3.8) is 0 Å². The minimum absolute atomic E-state index is 0.0337. The fourth-order valence-corrected chi connectivity index (χ4v) is 4.76. The molecule has 0 bridgehead atoms. The van der Waals surface area contributed by atoms with Crippen molar-refractivity contribution in [3.05, 3.63) is 28.8 Å². The van der Waals surface area contributed by atoms with E-state index in [1.54, 1.807) is 25.6 Å². The molecule has 1 aromatic rings. The van der Waals surface area contributed by atoms with Crippen LogP contribution >= 0.6 is 23.5 Å². The number of rotatable bonds is 10. The number of carboxylic acid groups (broad SMARTS) is 2. The Hall–Kier alpha value is -1.34. The van der Waals surface area contributed by atoms with Crippen LogP contribution in [0.1, 0.15) is 65.2 Å². The molecule has 0 aliphatic rings. The van der Waals surface area contributed by atoms with Crippen molar-refractivity contribution >= 4 is 35.5 Å². The van der Waals surface area contributed by atoms with E-state index in [0.29, 0.717) is 11.5 Å². The number of phenols is 1. The van der Waals surface area contributed by atoms with E-state index in [9.17, 15) is 24.9 Å². The number of aliphatic carboxylic acids is 2. The van der Waals surface area contributed by atoms with Gasteiger partial charge in [0.05, 0.1) is 11.8 Å². The number of phenolic OH excluding ortho intramolecular Hbond substituents is 1. The minimum atomic E-state index is -0.823. The van der Waals surface area contributed by atoms with Crippen LogP contribution < -0.4 is 0 Å². The van der Waals surface area contributed by atoms with Crippen LogP contribution in [0.2, 0.25) is 0 Å². The van der Waals surface area contributed by atoms with E-state index in [-0.39, 0.29) is 21.7 Å². The zero-order valence-electron chi connectivity index (χ0n) is 18.4. The lowest BCUT2D eigenvalue weighted by Gasteiger charge is -2.24. The molecule has 1 rings (SSSR count). The summed E-state index contributed by atoms with van der Waals surface area (Å²) in [7, 11) is 0. The molecule has 4 atom stereocenters. The Morgan fingerprint density at radius 1 is 0.897 bits per heavy atom. The van der Waals surface area contributed by atoms with Crippen LogP contribution in [0, 0.1) is 11.8 Å². The first-order valence-electron chi connectivity index (χ1n) is 9.79. The maximum atomic E-state index is 11.2. The summed E-state index contributed by atoms with van der Waals surface area (Å²) in [4.78, 5) is 22.4. The maximum absolute atomic E-state index is 11.2. The number of hydrogen-bond acceptors (Lipinski definition) is 5. The van der Waals surface area contributed by atoms with Crippen molar-refractivity contribution in [3.8, 4) is 5.75 Å². The third kappa shape index (κ3) is 7.45. The Kier molecular flexibility index (Phi) is 9.41. The molecule has 0 aliphatic heterocycles. The molecule has 1 aromatic carbocycles. The first kappa shape index (κ1) is 25.7. The van der Waals surface area contributed by atoms with Crippen LogP contribution in [0.15, 0.2) is 12.1 Å². The molecule has 0 saturated carbocycles. The highest BCUT2D eigenvalue weighted by atomic mass is 32.2. The molecule has 29 heavy (non-hydrogen) atoms. The van der Waals surface area contributed by atoms with Crippen LogP contribution in [-0.2, 0) is 26.5 Å². The second-order valence-electron chi connectivity index (χ2n) is 8.69. The molecule has 0 heterocycles. The van der Waals surface area contributed by atoms with E-state index in [1.165, 1.54) is 11.8 Å². The van der Waals surface area contributed by atoms with Gasteiger partial charge in [0, 0.05) is 27.6 Å². The fourth-order valence-electron chi connectivity index (χ4n) is 2.66. The molecule has 0 amide bonds. The predicted octanol–water partition coefficient (Wildman–Crippen LogP) is 5.37. The van der Waals surface area contributed by atoms with Crippen LogP contribution in [-0.4, -0.2) is 37.8 Å². The molecular formula is C22H34O5S2. The standard InChI is InChI=1S/C22H34O5S2/c1-12(20(24)25)14(3)28-10-16-8-17(11-29-15(4)13(2)21(26)27)19(23)18(9-16)22(5,6)7/h8-9,12-15,23H,10-11H2,1-7H3,(H,24,25)(H,26,27). The Bertz CT molecular complexity index is 727. The quantitative estimate of drug-likeness (QED) is 0.448. The molecule has 0 saturated heterocycles. The van der Waals surface area contributed by atoms with Gasteiger partial charge < -0.3 is 15.3 Å². The molecule has 0 aromatic heterocycles. The van der Waals surface area contributed by atoms with Crippen molar-refractivity contribution in [1.29, 1.82) is 0 Å². The van der Waals surface area contributed by atoms with Gasteiger partial charge in [-0.05, 0) is 16.5 Å². The van der Waals surface area contributed by atoms with E-state index < -0.39 is 23.8 Å². The minimum Gasteiger partial charge on any atom is -0.507 e. The normalized spacial score (nSPS) is 16.1. The van der Waals surface area contributed by atoms with Crippen LogP contribution in [0.25, 0.3) is 0 Å². The molecule has 164 valence electrons. The van der Waals surface area contributed by atoms with Crippen molar-refractivity contribution < 1.29 is 24.9 Å². The van der Waals surface area contributed by atoms with E-state index in [2.05, 4.69) is 0 Å². The Morgan fingerprint density at radius 3 is 1.76 bits per heavy atom. The molecule has 0 radical (unpaired) electrons. The van der Waals surface area contributed by atoms with Gasteiger partial charge in [-0.2, -0.15) is 23.5 Å². The van der Waals surface area contributed by atoms with Gasteiger partial charge >= 0.3 is 11.9 Å². The summed E-state index contributed by atoms with van der Waals surface area (Å²) in [5.41, 5.74) is 2.44. The van der Waals surface area contributed by atoms with Crippen LogP contribution in [0.3, 0.4) is 0 Å².